The molecule has 0 atom stereocenters. The van der Waals surface area contributed by atoms with Crippen LogP contribution in [0.5, 0.6) is 0 Å². The molecule has 4 aromatic rings. The highest BCUT2D eigenvalue weighted by atomic mass is 16.1. The van der Waals surface area contributed by atoms with Crippen molar-refractivity contribution in [3.8, 4) is 0 Å². The first-order valence-corrected chi connectivity index (χ1v) is 11.0. The van der Waals surface area contributed by atoms with Gasteiger partial charge in [0.1, 0.15) is 0 Å². The summed E-state index contributed by atoms with van der Waals surface area (Å²) in [6.07, 6.45) is 2.00. The molecule has 4 aromatic carbocycles. The summed E-state index contributed by atoms with van der Waals surface area (Å²) in [5.74, 6) is 0.00226. The van der Waals surface area contributed by atoms with E-state index in [0.29, 0.717) is 0 Å². The van der Waals surface area contributed by atoms with E-state index < -0.39 is 0 Å². The maximum Gasteiger partial charge on any atom is 0.256 e. The third-order valence-electron chi connectivity index (χ3n) is 6.66. The second kappa shape index (κ2) is 7.36. The SMILES string of the molecule is O=C1Nc2ccc(Cc3ccc(CN4CCc5ccccc5C4)cc3)c3cccc1c23. The monoisotopic (exact) mass is 404 g/mol. The first kappa shape index (κ1) is 18.3. The van der Waals surface area contributed by atoms with E-state index in [2.05, 4.69) is 70.9 Å². The van der Waals surface area contributed by atoms with E-state index >= 15 is 0 Å². The van der Waals surface area contributed by atoms with Crippen LogP contribution < -0.4 is 5.32 Å². The van der Waals surface area contributed by atoms with E-state index in [1.54, 1.807) is 0 Å². The molecule has 2 aliphatic heterocycles. The van der Waals surface area contributed by atoms with E-state index in [0.717, 1.165) is 49.1 Å². The van der Waals surface area contributed by atoms with Crippen LogP contribution in [-0.2, 0) is 25.9 Å². The van der Waals surface area contributed by atoms with Gasteiger partial charge in [-0.3, -0.25) is 9.69 Å². The molecule has 0 saturated heterocycles. The Hall–Kier alpha value is -3.43. The molecular weight excluding hydrogens is 380 g/mol. The van der Waals surface area contributed by atoms with Gasteiger partial charge in [0.05, 0.1) is 0 Å². The van der Waals surface area contributed by atoms with Gasteiger partial charge in [0, 0.05) is 36.3 Å². The lowest BCUT2D eigenvalue weighted by atomic mass is 9.95. The molecule has 152 valence electrons. The van der Waals surface area contributed by atoms with Crippen molar-refractivity contribution in [1.82, 2.24) is 4.90 Å². The van der Waals surface area contributed by atoms with Crippen LogP contribution in [-0.4, -0.2) is 17.4 Å². The number of benzene rings is 4. The average Bonchev–Trinajstić information content (AvgIpc) is 3.14. The molecule has 6 rings (SSSR count). The van der Waals surface area contributed by atoms with Crippen LogP contribution in [0.2, 0.25) is 0 Å². The Labute approximate surface area is 182 Å². The Kier molecular flexibility index (Phi) is 4.36. The number of nitrogens with zero attached hydrogens (tertiary/aromatic N) is 1. The smallest absolute Gasteiger partial charge is 0.256 e. The molecule has 0 fully saturated rings. The molecule has 0 spiro atoms. The minimum Gasteiger partial charge on any atom is -0.321 e. The lowest BCUT2D eigenvalue weighted by Gasteiger charge is -2.28. The van der Waals surface area contributed by atoms with Crippen LogP contribution in [0.25, 0.3) is 10.8 Å². The van der Waals surface area contributed by atoms with Crippen LogP contribution >= 0.6 is 0 Å². The Morgan fingerprint density at radius 1 is 0.806 bits per heavy atom. The van der Waals surface area contributed by atoms with Crippen molar-refractivity contribution in [1.29, 1.82) is 0 Å². The van der Waals surface area contributed by atoms with Crippen LogP contribution in [0.4, 0.5) is 5.69 Å². The second-order valence-corrected chi connectivity index (χ2v) is 8.68. The van der Waals surface area contributed by atoms with Gasteiger partial charge in [-0.1, -0.05) is 66.7 Å². The molecule has 3 nitrogen and oxygen atoms in total. The zero-order valence-corrected chi connectivity index (χ0v) is 17.4. The summed E-state index contributed by atoms with van der Waals surface area (Å²) in [6, 6.07) is 28.0. The van der Waals surface area contributed by atoms with Gasteiger partial charge in [-0.05, 0) is 58.2 Å². The molecule has 1 N–H and O–H groups in total. The van der Waals surface area contributed by atoms with Crippen LogP contribution in [0.3, 0.4) is 0 Å². The predicted octanol–water partition coefficient (Wildman–Crippen LogP) is 5.55. The van der Waals surface area contributed by atoms with Gasteiger partial charge in [-0.15, -0.1) is 0 Å². The average molecular weight is 405 g/mol. The van der Waals surface area contributed by atoms with Gasteiger partial charge >= 0.3 is 0 Å². The summed E-state index contributed by atoms with van der Waals surface area (Å²) >= 11 is 0. The van der Waals surface area contributed by atoms with Crippen molar-refractivity contribution in [3.63, 3.8) is 0 Å². The number of rotatable bonds is 4. The van der Waals surface area contributed by atoms with E-state index in [1.807, 2.05) is 18.2 Å². The number of fused-ring (bicyclic) bond motifs is 1. The highest BCUT2D eigenvalue weighted by Crippen LogP contribution is 2.35. The number of hydrogen-bond acceptors (Lipinski definition) is 2. The highest BCUT2D eigenvalue weighted by molar-refractivity contribution is 6.24. The number of hydrogen-bond donors (Lipinski definition) is 1. The van der Waals surface area contributed by atoms with Gasteiger partial charge in [-0.2, -0.15) is 0 Å². The Morgan fingerprint density at radius 3 is 2.48 bits per heavy atom. The molecule has 1 amide bonds. The van der Waals surface area contributed by atoms with E-state index in [1.165, 1.54) is 33.2 Å². The Balaban J connectivity index is 1.20. The fourth-order valence-electron chi connectivity index (χ4n) is 5.03. The second-order valence-electron chi connectivity index (χ2n) is 8.68. The van der Waals surface area contributed by atoms with Crippen molar-refractivity contribution in [2.45, 2.75) is 25.9 Å². The molecule has 0 aromatic heterocycles. The molecule has 2 aliphatic rings. The summed E-state index contributed by atoms with van der Waals surface area (Å²) in [5, 5.41) is 5.20. The minimum absolute atomic E-state index is 0.00226. The van der Waals surface area contributed by atoms with Gasteiger partial charge in [0.25, 0.3) is 5.91 Å². The first-order valence-electron chi connectivity index (χ1n) is 11.0. The normalized spacial score (nSPS) is 15.2. The molecule has 0 aliphatic carbocycles. The van der Waals surface area contributed by atoms with Gasteiger partial charge in [0.2, 0.25) is 0 Å². The lowest BCUT2D eigenvalue weighted by molar-refractivity contribution is 0.103. The van der Waals surface area contributed by atoms with Crippen LogP contribution in [0, 0.1) is 0 Å². The summed E-state index contributed by atoms with van der Waals surface area (Å²) < 4.78 is 0. The lowest BCUT2D eigenvalue weighted by Crippen LogP contribution is -2.29. The molecule has 0 unspecified atom stereocenters. The molecule has 31 heavy (non-hydrogen) atoms. The van der Waals surface area contributed by atoms with Gasteiger partial charge in [-0.25, -0.2) is 0 Å². The zero-order valence-electron chi connectivity index (χ0n) is 17.4. The van der Waals surface area contributed by atoms with E-state index in [9.17, 15) is 4.79 Å². The molecule has 0 bridgehead atoms. The summed E-state index contributed by atoms with van der Waals surface area (Å²) in [6.45, 7) is 3.14. The number of amides is 1. The largest absolute Gasteiger partial charge is 0.321 e. The van der Waals surface area contributed by atoms with Crippen LogP contribution in [0.1, 0.15) is 38.2 Å². The van der Waals surface area contributed by atoms with Crippen molar-refractivity contribution >= 4 is 22.4 Å². The van der Waals surface area contributed by atoms with Crippen molar-refractivity contribution < 1.29 is 4.79 Å². The molecule has 2 heterocycles. The van der Waals surface area contributed by atoms with Crippen LogP contribution in [0.15, 0.2) is 78.9 Å². The quantitative estimate of drug-likeness (QED) is 0.483. The van der Waals surface area contributed by atoms with Crippen molar-refractivity contribution in [2.24, 2.45) is 0 Å². The van der Waals surface area contributed by atoms with Gasteiger partial charge in [0.15, 0.2) is 0 Å². The fraction of sp³-hybridized carbons (Fsp3) is 0.179. The topological polar surface area (TPSA) is 32.3 Å². The minimum atomic E-state index is 0.00226. The van der Waals surface area contributed by atoms with E-state index in [-0.39, 0.29) is 5.91 Å². The number of carbonyl (C=O) groups excluding carboxylic acids is 1. The Bertz CT molecular complexity index is 1310. The highest BCUT2D eigenvalue weighted by Gasteiger charge is 2.22. The number of anilines is 1. The molecule has 3 heteroatoms. The standard InChI is InChI=1S/C28H24N2O/c31-28-25-7-3-6-24-22(12-13-26(29-28)27(24)25)16-19-8-10-20(11-9-19)17-30-15-14-21-4-1-2-5-23(21)18-30/h1-13H,14-18H2,(H,29,31). The maximum atomic E-state index is 12.2. The van der Waals surface area contributed by atoms with Crippen molar-refractivity contribution in [3.05, 3.63) is 112 Å². The summed E-state index contributed by atoms with van der Waals surface area (Å²) in [4.78, 5) is 14.7. The third-order valence-corrected chi connectivity index (χ3v) is 6.66. The first-order chi connectivity index (χ1) is 15.2. The number of nitrogens with one attached hydrogen (secondary N) is 1. The summed E-state index contributed by atoms with van der Waals surface area (Å²) in [7, 11) is 0. The maximum absolute atomic E-state index is 12.2. The molecule has 0 saturated carbocycles. The molecular formula is C28H24N2O. The van der Waals surface area contributed by atoms with E-state index in [4.69, 9.17) is 0 Å². The van der Waals surface area contributed by atoms with Gasteiger partial charge < -0.3 is 5.32 Å². The Morgan fingerprint density at radius 2 is 1.61 bits per heavy atom. The summed E-state index contributed by atoms with van der Waals surface area (Å²) in [5.41, 5.74) is 8.59. The number of carbonyl (C=O) groups is 1. The zero-order chi connectivity index (χ0) is 20.8. The van der Waals surface area contributed by atoms with Crippen molar-refractivity contribution in [2.75, 3.05) is 11.9 Å². The third kappa shape index (κ3) is 3.31. The fourth-order valence-corrected chi connectivity index (χ4v) is 5.03. The predicted molar refractivity (Wildman–Crippen MR) is 125 cm³/mol. The molecule has 0 radical (unpaired) electrons.